The van der Waals surface area contributed by atoms with Crippen LogP contribution in [0.5, 0.6) is 0 Å². The van der Waals surface area contributed by atoms with E-state index in [2.05, 4.69) is 9.62 Å². The van der Waals surface area contributed by atoms with E-state index in [4.69, 9.17) is 4.42 Å². The molecule has 156 valence electrons. The Morgan fingerprint density at radius 2 is 1.72 bits per heavy atom. The zero-order valence-corrected chi connectivity index (χ0v) is 17.2. The van der Waals surface area contributed by atoms with E-state index >= 15 is 0 Å². The number of sulfonamides is 1. The molecule has 7 nitrogen and oxygen atoms in total. The smallest absolute Gasteiger partial charge is 0.257 e. The summed E-state index contributed by atoms with van der Waals surface area (Å²) in [5.41, 5.74) is 0.574. The largest absolute Gasteiger partial charge is 0.472 e. The van der Waals surface area contributed by atoms with Crippen LogP contribution in [0.3, 0.4) is 0 Å². The fraction of sp³-hybridized carbons (Fsp3) is 0.476. The first-order valence-corrected chi connectivity index (χ1v) is 11.7. The minimum atomic E-state index is -3.54. The Hall–Kier alpha value is -2.16. The molecule has 2 heterocycles. The predicted molar refractivity (Wildman–Crippen MR) is 109 cm³/mol. The summed E-state index contributed by atoms with van der Waals surface area (Å²) in [6.07, 6.45) is 6.92. The van der Waals surface area contributed by atoms with Crippen molar-refractivity contribution < 1.29 is 17.6 Å². The topological polar surface area (TPSA) is 82.9 Å². The van der Waals surface area contributed by atoms with Crippen molar-refractivity contribution in [2.75, 3.05) is 26.2 Å². The first kappa shape index (κ1) is 20.1. The van der Waals surface area contributed by atoms with Gasteiger partial charge in [-0.05, 0) is 31.0 Å². The van der Waals surface area contributed by atoms with Crippen molar-refractivity contribution in [1.29, 1.82) is 0 Å². The Labute approximate surface area is 171 Å². The normalized spacial score (nSPS) is 23.8. The molecule has 1 aliphatic heterocycles. The number of benzene rings is 1. The Morgan fingerprint density at radius 1 is 1.00 bits per heavy atom. The van der Waals surface area contributed by atoms with E-state index < -0.39 is 10.0 Å². The van der Waals surface area contributed by atoms with Crippen molar-refractivity contribution in [2.45, 2.75) is 42.7 Å². The lowest BCUT2D eigenvalue weighted by Gasteiger charge is -2.44. The van der Waals surface area contributed by atoms with E-state index in [1.807, 2.05) is 11.0 Å². The molecule has 1 aromatic heterocycles. The number of hydrogen-bond donors (Lipinski definition) is 1. The van der Waals surface area contributed by atoms with E-state index in [-0.39, 0.29) is 18.0 Å². The summed E-state index contributed by atoms with van der Waals surface area (Å²) in [6, 6.07) is 10.3. The molecule has 8 heteroatoms. The van der Waals surface area contributed by atoms with Crippen molar-refractivity contribution >= 4 is 15.9 Å². The fourth-order valence-electron chi connectivity index (χ4n) is 4.38. The second-order valence-electron chi connectivity index (χ2n) is 7.73. The van der Waals surface area contributed by atoms with Gasteiger partial charge in [0.2, 0.25) is 10.0 Å². The van der Waals surface area contributed by atoms with Crippen LogP contribution in [0.4, 0.5) is 0 Å². The second-order valence-corrected chi connectivity index (χ2v) is 9.45. The molecule has 1 aliphatic carbocycles. The Morgan fingerprint density at radius 3 is 2.41 bits per heavy atom. The summed E-state index contributed by atoms with van der Waals surface area (Å²) in [7, 11) is -3.54. The molecule has 29 heavy (non-hydrogen) atoms. The molecule has 4 rings (SSSR count). The van der Waals surface area contributed by atoms with E-state index in [1.165, 1.54) is 12.5 Å². The molecule has 2 atom stereocenters. The molecule has 1 N–H and O–H groups in total. The number of carbonyl (C=O) groups is 1. The molecular formula is C21H27N3O4S. The fourth-order valence-corrected chi connectivity index (χ4v) is 5.70. The minimum Gasteiger partial charge on any atom is -0.472 e. The third kappa shape index (κ3) is 4.55. The SMILES string of the molecule is O=C(c1ccoc1)N1CCN([C@H]2CCCC[C@H]2NS(=O)(=O)c2ccccc2)CC1. The van der Waals surface area contributed by atoms with E-state index in [0.29, 0.717) is 23.5 Å². The molecule has 1 saturated heterocycles. The molecule has 2 aromatic rings. The summed E-state index contributed by atoms with van der Waals surface area (Å²) >= 11 is 0. The average Bonchev–Trinajstić information content (AvgIpc) is 3.29. The quantitative estimate of drug-likeness (QED) is 0.807. The molecule has 1 amide bonds. The first-order chi connectivity index (χ1) is 14.0. The molecule has 2 aliphatic rings. The summed E-state index contributed by atoms with van der Waals surface area (Å²) in [6.45, 7) is 2.77. The Balaban J connectivity index is 1.40. The standard InChI is InChI=1S/C21H27N3O4S/c25-21(17-10-15-28-16-17)24-13-11-23(12-14-24)20-9-5-4-8-19(20)22-29(26,27)18-6-2-1-3-7-18/h1-3,6-7,10,15-16,19-20,22H,4-5,8-9,11-14H2/t19-,20+/m1/s1. The number of furan rings is 1. The third-order valence-corrected chi connectivity index (χ3v) is 7.43. The van der Waals surface area contributed by atoms with E-state index in [9.17, 15) is 13.2 Å². The van der Waals surface area contributed by atoms with Gasteiger partial charge < -0.3 is 9.32 Å². The van der Waals surface area contributed by atoms with Crippen LogP contribution in [-0.2, 0) is 10.0 Å². The van der Waals surface area contributed by atoms with Gasteiger partial charge >= 0.3 is 0 Å². The van der Waals surface area contributed by atoms with Crippen molar-refractivity contribution in [3.8, 4) is 0 Å². The van der Waals surface area contributed by atoms with Crippen LogP contribution in [0, 0.1) is 0 Å². The first-order valence-electron chi connectivity index (χ1n) is 10.2. The van der Waals surface area contributed by atoms with Crippen LogP contribution >= 0.6 is 0 Å². The number of carbonyl (C=O) groups excluding carboxylic acids is 1. The van der Waals surface area contributed by atoms with Gasteiger partial charge in [0.05, 0.1) is 16.7 Å². The Kier molecular flexibility index (Phi) is 6.03. The molecule has 0 unspecified atom stereocenters. The highest BCUT2D eigenvalue weighted by molar-refractivity contribution is 7.89. The molecule has 1 saturated carbocycles. The highest BCUT2D eigenvalue weighted by Crippen LogP contribution is 2.26. The average molecular weight is 418 g/mol. The van der Waals surface area contributed by atoms with Gasteiger partial charge in [-0.2, -0.15) is 0 Å². The van der Waals surface area contributed by atoms with Crippen molar-refractivity contribution in [3.05, 3.63) is 54.5 Å². The van der Waals surface area contributed by atoms with Gasteiger partial charge in [-0.3, -0.25) is 9.69 Å². The van der Waals surface area contributed by atoms with Gasteiger partial charge in [0.25, 0.3) is 5.91 Å². The van der Waals surface area contributed by atoms with Gasteiger partial charge in [-0.25, -0.2) is 13.1 Å². The maximum atomic E-state index is 12.8. The lowest BCUT2D eigenvalue weighted by atomic mass is 9.89. The number of hydrogen-bond acceptors (Lipinski definition) is 5. The van der Waals surface area contributed by atoms with Gasteiger partial charge in [0.15, 0.2) is 0 Å². The van der Waals surface area contributed by atoms with Crippen molar-refractivity contribution in [3.63, 3.8) is 0 Å². The third-order valence-electron chi connectivity index (χ3n) is 5.93. The second kappa shape index (κ2) is 8.69. The molecule has 0 radical (unpaired) electrons. The number of piperazine rings is 1. The van der Waals surface area contributed by atoms with Crippen LogP contribution in [0.25, 0.3) is 0 Å². The van der Waals surface area contributed by atoms with Crippen LogP contribution in [-0.4, -0.2) is 62.4 Å². The summed E-state index contributed by atoms with van der Waals surface area (Å²) < 4.78 is 33.6. The lowest BCUT2D eigenvalue weighted by Crippen LogP contribution is -2.58. The minimum absolute atomic E-state index is 0.0108. The molecular weight excluding hydrogens is 390 g/mol. The van der Waals surface area contributed by atoms with Gasteiger partial charge in [-0.1, -0.05) is 31.0 Å². The lowest BCUT2D eigenvalue weighted by molar-refractivity contribution is 0.0478. The van der Waals surface area contributed by atoms with Crippen LogP contribution < -0.4 is 4.72 Å². The number of nitrogens with zero attached hydrogens (tertiary/aromatic N) is 2. The molecule has 0 spiro atoms. The number of rotatable bonds is 5. The maximum absolute atomic E-state index is 12.8. The number of amides is 1. The Bertz CT molecular complexity index is 907. The highest BCUT2D eigenvalue weighted by atomic mass is 32.2. The summed E-state index contributed by atoms with van der Waals surface area (Å²) in [5, 5.41) is 0. The zero-order valence-electron chi connectivity index (χ0n) is 16.4. The summed E-state index contributed by atoms with van der Waals surface area (Å²) in [5.74, 6) is -0.0108. The van der Waals surface area contributed by atoms with E-state index in [1.54, 1.807) is 30.3 Å². The van der Waals surface area contributed by atoms with E-state index in [0.717, 1.165) is 38.8 Å². The maximum Gasteiger partial charge on any atom is 0.257 e. The highest BCUT2D eigenvalue weighted by Gasteiger charge is 2.35. The van der Waals surface area contributed by atoms with Crippen LogP contribution in [0.1, 0.15) is 36.0 Å². The van der Waals surface area contributed by atoms with Crippen LogP contribution in [0.2, 0.25) is 0 Å². The number of nitrogens with one attached hydrogen (secondary N) is 1. The van der Waals surface area contributed by atoms with Crippen molar-refractivity contribution in [1.82, 2.24) is 14.5 Å². The molecule has 1 aromatic carbocycles. The summed E-state index contributed by atoms with van der Waals surface area (Å²) in [4.78, 5) is 17.0. The van der Waals surface area contributed by atoms with Gasteiger partial charge in [-0.15, -0.1) is 0 Å². The zero-order chi connectivity index (χ0) is 20.3. The molecule has 2 fully saturated rings. The van der Waals surface area contributed by atoms with Crippen molar-refractivity contribution in [2.24, 2.45) is 0 Å². The van der Waals surface area contributed by atoms with Gasteiger partial charge in [0.1, 0.15) is 6.26 Å². The van der Waals surface area contributed by atoms with Crippen LogP contribution in [0.15, 0.2) is 58.2 Å². The monoisotopic (exact) mass is 417 g/mol. The van der Waals surface area contributed by atoms with Gasteiger partial charge in [0, 0.05) is 38.3 Å². The predicted octanol–water partition coefficient (Wildman–Crippen LogP) is 2.33. The molecule has 0 bridgehead atoms.